The summed E-state index contributed by atoms with van der Waals surface area (Å²) >= 11 is 0. The number of nitrogens with zero attached hydrogens (tertiary/aromatic N) is 1. The molecular formula is C14H16F3NO2. The molecule has 0 saturated heterocycles. The lowest BCUT2D eigenvalue weighted by molar-refractivity contribution is -0.137. The fourth-order valence-electron chi connectivity index (χ4n) is 2.47. The molecule has 0 aromatic heterocycles. The molecule has 0 unspecified atom stereocenters. The van der Waals surface area contributed by atoms with Crippen LogP contribution in [0, 0.1) is 5.92 Å². The minimum atomic E-state index is -4.54. The molecule has 0 aliphatic heterocycles. The molecule has 1 aromatic rings. The van der Waals surface area contributed by atoms with Crippen molar-refractivity contribution in [3.63, 3.8) is 0 Å². The van der Waals surface area contributed by atoms with E-state index in [1.54, 1.807) is 11.9 Å². The molecule has 0 amide bonds. The van der Waals surface area contributed by atoms with Crippen LogP contribution >= 0.6 is 0 Å². The molecule has 0 bridgehead atoms. The van der Waals surface area contributed by atoms with Crippen LogP contribution in [0.4, 0.5) is 18.9 Å². The van der Waals surface area contributed by atoms with Gasteiger partial charge in [-0.1, -0.05) is 0 Å². The molecule has 1 saturated carbocycles. The third-order valence-corrected chi connectivity index (χ3v) is 3.65. The van der Waals surface area contributed by atoms with E-state index in [0.29, 0.717) is 31.0 Å². The van der Waals surface area contributed by atoms with E-state index in [1.165, 1.54) is 12.1 Å². The summed E-state index contributed by atoms with van der Waals surface area (Å²) in [6, 6.07) is 3.70. The molecule has 6 heteroatoms. The summed E-state index contributed by atoms with van der Waals surface area (Å²) in [7, 11) is 1.71. The van der Waals surface area contributed by atoms with Crippen LogP contribution in [0.5, 0.6) is 0 Å². The van der Waals surface area contributed by atoms with Gasteiger partial charge in [-0.3, -0.25) is 4.79 Å². The van der Waals surface area contributed by atoms with Crippen molar-refractivity contribution in [2.45, 2.75) is 25.1 Å². The maximum Gasteiger partial charge on any atom is 0.417 e. The van der Waals surface area contributed by atoms with Crippen molar-refractivity contribution in [2.75, 3.05) is 18.5 Å². The number of aldehydes is 1. The first-order valence-electron chi connectivity index (χ1n) is 6.37. The monoisotopic (exact) mass is 287 g/mol. The van der Waals surface area contributed by atoms with Crippen molar-refractivity contribution in [2.24, 2.45) is 5.92 Å². The van der Waals surface area contributed by atoms with Crippen LogP contribution in [-0.4, -0.2) is 31.1 Å². The van der Waals surface area contributed by atoms with Crippen LogP contribution in [0.3, 0.4) is 0 Å². The predicted molar refractivity (Wildman–Crippen MR) is 68.8 cm³/mol. The van der Waals surface area contributed by atoms with E-state index in [0.717, 1.165) is 6.07 Å². The number of alkyl halides is 3. The van der Waals surface area contributed by atoms with Crippen LogP contribution < -0.4 is 4.90 Å². The molecule has 1 N–H and O–H groups in total. The van der Waals surface area contributed by atoms with E-state index in [9.17, 15) is 23.1 Å². The van der Waals surface area contributed by atoms with Gasteiger partial charge in [-0.2, -0.15) is 13.2 Å². The minimum Gasteiger partial charge on any atom is -0.393 e. The van der Waals surface area contributed by atoms with Gasteiger partial charge in [0.2, 0.25) is 0 Å². The Balaban J connectivity index is 2.17. The molecule has 20 heavy (non-hydrogen) atoms. The van der Waals surface area contributed by atoms with Crippen LogP contribution in [0.15, 0.2) is 18.2 Å². The van der Waals surface area contributed by atoms with Gasteiger partial charge in [0.05, 0.1) is 11.7 Å². The Kier molecular flexibility index (Phi) is 4.04. The molecular weight excluding hydrogens is 271 g/mol. The third kappa shape index (κ3) is 3.12. The van der Waals surface area contributed by atoms with E-state index >= 15 is 0 Å². The molecule has 1 fully saturated rings. The van der Waals surface area contributed by atoms with E-state index < -0.39 is 11.7 Å². The lowest BCUT2D eigenvalue weighted by Gasteiger charge is -2.35. The number of anilines is 1. The van der Waals surface area contributed by atoms with Crippen LogP contribution in [0.1, 0.15) is 28.8 Å². The molecule has 0 atom stereocenters. The van der Waals surface area contributed by atoms with E-state index in [2.05, 4.69) is 0 Å². The lowest BCUT2D eigenvalue weighted by atomic mass is 9.82. The van der Waals surface area contributed by atoms with Crippen molar-refractivity contribution in [3.05, 3.63) is 29.3 Å². The van der Waals surface area contributed by atoms with Crippen molar-refractivity contribution < 1.29 is 23.1 Å². The normalized spacial score (nSPS) is 22.2. The Morgan fingerprint density at radius 2 is 2.05 bits per heavy atom. The highest BCUT2D eigenvalue weighted by atomic mass is 19.4. The number of aliphatic hydroxyl groups is 1. The fourth-order valence-corrected chi connectivity index (χ4v) is 2.47. The Bertz CT molecular complexity index is 496. The first-order valence-corrected chi connectivity index (χ1v) is 6.37. The second-order valence-corrected chi connectivity index (χ2v) is 5.26. The zero-order valence-corrected chi connectivity index (χ0v) is 11.0. The summed E-state index contributed by atoms with van der Waals surface area (Å²) in [5, 5.41) is 9.21. The third-order valence-electron chi connectivity index (χ3n) is 3.65. The Morgan fingerprint density at radius 3 is 2.55 bits per heavy atom. The largest absolute Gasteiger partial charge is 0.417 e. The van der Waals surface area contributed by atoms with Crippen molar-refractivity contribution in [1.82, 2.24) is 0 Å². The van der Waals surface area contributed by atoms with Gasteiger partial charge in [0, 0.05) is 24.8 Å². The van der Waals surface area contributed by atoms with Gasteiger partial charge >= 0.3 is 6.18 Å². The summed E-state index contributed by atoms with van der Waals surface area (Å²) in [5.74, 6) is 0.301. The van der Waals surface area contributed by atoms with Crippen molar-refractivity contribution in [1.29, 1.82) is 0 Å². The summed E-state index contributed by atoms with van der Waals surface area (Å²) in [6.07, 6.45) is -3.24. The van der Waals surface area contributed by atoms with Crippen LogP contribution in [-0.2, 0) is 6.18 Å². The molecule has 1 aliphatic rings. The molecule has 1 aromatic carbocycles. The molecule has 3 nitrogen and oxygen atoms in total. The van der Waals surface area contributed by atoms with Crippen molar-refractivity contribution >= 4 is 12.0 Å². The fraction of sp³-hybridized carbons (Fsp3) is 0.500. The van der Waals surface area contributed by atoms with Gasteiger partial charge in [-0.15, -0.1) is 0 Å². The SMILES string of the molecule is CN(CC1CC(O)C1)c1ccc(C=O)c(C(F)(F)F)c1. The molecule has 0 radical (unpaired) electrons. The smallest absolute Gasteiger partial charge is 0.393 e. The van der Waals surface area contributed by atoms with E-state index in [-0.39, 0.29) is 18.0 Å². The van der Waals surface area contributed by atoms with Crippen molar-refractivity contribution in [3.8, 4) is 0 Å². The first-order chi connectivity index (χ1) is 9.31. The highest BCUT2D eigenvalue weighted by molar-refractivity contribution is 5.79. The first kappa shape index (κ1) is 14.8. The summed E-state index contributed by atoms with van der Waals surface area (Å²) in [5.41, 5.74) is -0.844. The lowest BCUT2D eigenvalue weighted by Crippen LogP contribution is -2.37. The average molecular weight is 287 g/mol. The van der Waals surface area contributed by atoms with Gasteiger partial charge in [0.15, 0.2) is 6.29 Å². The number of rotatable bonds is 4. The maximum absolute atomic E-state index is 12.9. The highest BCUT2D eigenvalue weighted by Gasteiger charge is 2.34. The Labute approximate surface area is 115 Å². The highest BCUT2D eigenvalue weighted by Crippen LogP contribution is 2.35. The zero-order chi connectivity index (χ0) is 14.9. The average Bonchev–Trinajstić information content (AvgIpc) is 2.35. The number of aliphatic hydroxyl groups excluding tert-OH is 1. The molecule has 1 aliphatic carbocycles. The Morgan fingerprint density at radius 1 is 1.40 bits per heavy atom. The summed E-state index contributed by atoms with van der Waals surface area (Å²) in [6.45, 7) is 0.592. The van der Waals surface area contributed by atoms with E-state index in [4.69, 9.17) is 0 Å². The predicted octanol–water partition coefficient (Wildman–Crippen LogP) is 2.73. The van der Waals surface area contributed by atoms with Gasteiger partial charge in [-0.05, 0) is 37.0 Å². The molecule has 2 rings (SSSR count). The van der Waals surface area contributed by atoms with Gasteiger partial charge < -0.3 is 10.0 Å². The summed E-state index contributed by atoms with van der Waals surface area (Å²) in [4.78, 5) is 12.4. The summed E-state index contributed by atoms with van der Waals surface area (Å²) < 4.78 is 38.6. The van der Waals surface area contributed by atoms with Gasteiger partial charge in [0.1, 0.15) is 0 Å². The topological polar surface area (TPSA) is 40.5 Å². The number of carbonyl (C=O) groups is 1. The van der Waals surface area contributed by atoms with E-state index in [1.807, 2.05) is 0 Å². The second kappa shape index (κ2) is 5.44. The standard InChI is InChI=1S/C14H16F3NO2/c1-18(7-9-4-12(20)5-9)11-3-2-10(8-19)13(6-11)14(15,16)17/h2-3,6,8-9,12,20H,4-5,7H2,1H3. The maximum atomic E-state index is 12.9. The number of benzene rings is 1. The van der Waals surface area contributed by atoms with Gasteiger partial charge in [-0.25, -0.2) is 0 Å². The zero-order valence-electron chi connectivity index (χ0n) is 11.0. The molecule has 0 heterocycles. The minimum absolute atomic E-state index is 0.217. The number of hydrogen-bond donors (Lipinski definition) is 1. The number of hydrogen-bond acceptors (Lipinski definition) is 3. The Hall–Kier alpha value is -1.56. The second-order valence-electron chi connectivity index (χ2n) is 5.26. The van der Waals surface area contributed by atoms with Gasteiger partial charge in [0.25, 0.3) is 0 Å². The van der Waals surface area contributed by atoms with Crippen LogP contribution in [0.2, 0.25) is 0 Å². The molecule has 110 valence electrons. The number of halogens is 3. The quantitative estimate of drug-likeness (QED) is 0.866. The number of carbonyl (C=O) groups excluding carboxylic acids is 1. The van der Waals surface area contributed by atoms with Crippen LogP contribution in [0.25, 0.3) is 0 Å². The molecule has 0 spiro atoms.